The molecule has 2 heterocycles. The SMILES string of the molecule is c1ccc(-c2cccc3c2c2ccc([Si](c4ccccc4)(c4ccccc4)c4ccccc4)cc2n3-c2ccc3c4ccccc4n(-c4ccccc4)c3c2)cc1. The second-order valence-corrected chi connectivity index (χ2v) is 18.7. The molecule has 0 saturated carbocycles. The number of aromatic nitrogens is 2. The quantitative estimate of drug-likeness (QED) is 0.114. The minimum absolute atomic E-state index is 1.14. The molecular formula is C54H38N2Si. The lowest BCUT2D eigenvalue weighted by molar-refractivity contribution is 1.15. The Balaban J connectivity index is 1.27. The molecule has 0 aliphatic heterocycles. The number of nitrogens with zero attached hydrogens (tertiary/aromatic N) is 2. The Bertz CT molecular complexity index is 3110. The highest BCUT2D eigenvalue weighted by Crippen LogP contribution is 2.40. The van der Waals surface area contributed by atoms with Gasteiger partial charge >= 0.3 is 0 Å². The molecule has 2 aromatic heterocycles. The zero-order valence-electron chi connectivity index (χ0n) is 31.3. The molecule has 9 aromatic carbocycles. The van der Waals surface area contributed by atoms with Gasteiger partial charge in [0.2, 0.25) is 0 Å². The van der Waals surface area contributed by atoms with Crippen molar-refractivity contribution in [1.29, 1.82) is 0 Å². The van der Waals surface area contributed by atoms with Gasteiger partial charge in [0.25, 0.3) is 0 Å². The Morgan fingerprint density at radius 2 is 0.772 bits per heavy atom. The van der Waals surface area contributed by atoms with E-state index in [1.54, 1.807) is 0 Å². The second kappa shape index (κ2) is 13.5. The summed E-state index contributed by atoms with van der Waals surface area (Å²) >= 11 is 0. The highest BCUT2D eigenvalue weighted by molar-refractivity contribution is 7.20. The predicted octanol–water partition coefficient (Wildman–Crippen LogP) is 10.9. The Kier molecular flexibility index (Phi) is 7.87. The van der Waals surface area contributed by atoms with E-state index in [4.69, 9.17) is 0 Å². The molecule has 0 saturated heterocycles. The van der Waals surface area contributed by atoms with E-state index in [2.05, 4.69) is 240 Å². The Labute approximate surface area is 333 Å². The molecule has 268 valence electrons. The highest BCUT2D eigenvalue weighted by Gasteiger charge is 2.41. The van der Waals surface area contributed by atoms with Gasteiger partial charge in [0.15, 0.2) is 8.07 Å². The topological polar surface area (TPSA) is 9.86 Å². The van der Waals surface area contributed by atoms with E-state index in [0.717, 1.165) is 11.4 Å². The molecule has 0 aliphatic rings. The van der Waals surface area contributed by atoms with Crippen LogP contribution in [0.1, 0.15) is 0 Å². The summed E-state index contributed by atoms with van der Waals surface area (Å²) in [6.07, 6.45) is 0. The van der Waals surface area contributed by atoms with Gasteiger partial charge in [-0.2, -0.15) is 0 Å². The molecule has 0 radical (unpaired) electrons. The molecule has 0 spiro atoms. The third kappa shape index (κ3) is 5.17. The van der Waals surface area contributed by atoms with Crippen LogP contribution in [0, 0.1) is 0 Å². The summed E-state index contributed by atoms with van der Waals surface area (Å²) in [6.45, 7) is 0. The molecule has 0 fully saturated rings. The van der Waals surface area contributed by atoms with Crippen molar-refractivity contribution in [2.24, 2.45) is 0 Å². The van der Waals surface area contributed by atoms with E-state index < -0.39 is 8.07 Å². The molecule has 11 aromatic rings. The van der Waals surface area contributed by atoms with Gasteiger partial charge in [0.05, 0.1) is 22.1 Å². The lowest BCUT2D eigenvalue weighted by Gasteiger charge is -2.34. The monoisotopic (exact) mass is 742 g/mol. The molecule has 2 nitrogen and oxygen atoms in total. The van der Waals surface area contributed by atoms with Crippen LogP contribution in [0.2, 0.25) is 0 Å². The van der Waals surface area contributed by atoms with Gasteiger partial charge < -0.3 is 9.13 Å². The molecule has 0 bridgehead atoms. The number of para-hydroxylation sites is 2. The highest BCUT2D eigenvalue weighted by atomic mass is 28.3. The molecule has 0 unspecified atom stereocenters. The van der Waals surface area contributed by atoms with Crippen LogP contribution in [-0.2, 0) is 0 Å². The van der Waals surface area contributed by atoms with Crippen molar-refractivity contribution in [2.75, 3.05) is 0 Å². The number of fused-ring (bicyclic) bond motifs is 6. The number of hydrogen-bond acceptors (Lipinski definition) is 0. The summed E-state index contributed by atoms with van der Waals surface area (Å²) in [5, 5.41) is 10.4. The minimum Gasteiger partial charge on any atom is -0.309 e. The largest absolute Gasteiger partial charge is 0.309 e. The van der Waals surface area contributed by atoms with Crippen molar-refractivity contribution >= 4 is 72.4 Å². The van der Waals surface area contributed by atoms with Crippen molar-refractivity contribution in [3.63, 3.8) is 0 Å². The summed E-state index contributed by atoms with van der Waals surface area (Å²) in [5.41, 5.74) is 9.53. The molecule has 0 atom stereocenters. The van der Waals surface area contributed by atoms with Crippen molar-refractivity contribution in [1.82, 2.24) is 9.13 Å². The lowest BCUT2D eigenvalue weighted by Crippen LogP contribution is -2.74. The normalized spacial score (nSPS) is 11.9. The van der Waals surface area contributed by atoms with E-state index in [0.29, 0.717) is 0 Å². The zero-order chi connectivity index (χ0) is 37.8. The average Bonchev–Trinajstić information content (AvgIpc) is 3.81. The van der Waals surface area contributed by atoms with Crippen molar-refractivity contribution < 1.29 is 0 Å². The van der Waals surface area contributed by atoms with Gasteiger partial charge in [-0.15, -0.1) is 0 Å². The fraction of sp³-hybridized carbons (Fsp3) is 0. The third-order valence-electron chi connectivity index (χ3n) is 11.9. The van der Waals surface area contributed by atoms with E-state index in [1.807, 2.05) is 0 Å². The van der Waals surface area contributed by atoms with Crippen LogP contribution in [0.4, 0.5) is 0 Å². The molecule has 3 heteroatoms. The van der Waals surface area contributed by atoms with Gasteiger partial charge in [-0.1, -0.05) is 188 Å². The van der Waals surface area contributed by atoms with Crippen LogP contribution in [-0.4, -0.2) is 17.2 Å². The molecule has 11 rings (SSSR count). The number of hydrogen-bond donors (Lipinski definition) is 0. The van der Waals surface area contributed by atoms with Crippen LogP contribution < -0.4 is 20.7 Å². The van der Waals surface area contributed by atoms with Gasteiger partial charge in [-0.3, -0.25) is 0 Å². The third-order valence-corrected chi connectivity index (χ3v) is 16.6. The first-order valence-corrected chi connectivity index (χ1v) is 21.7. The molecule has 0 N–H and O–H groups in total. The minimum atomic E-state index is -2.80. The average molecular weight is 743 g/mol. The van der Waals surface area contributed by atoms with E-state index in [9.17, 15) is 0 Å². The van der Waals surface area contributed by atoms with Crippen LogP contribution in [0.5, 0.6) is 0 Å². The molecule has 0 aliphatic carbocycles. The first-order chi connectivity index (χ1) is 28.3. The Hall–Kier alpha value is -7.20. The summed E-state index contributed by atoms with van der Waals surface area (Å²) in [5.74, 6) is 0. The summed E-state index contributed by atoms with van der Waals surface area (Å²) in [6, 6.07) is 85.3. The lowest BCUT2D eigenvalue weighted by atomic mass is 9.99. The van der Waals surface area contributed by atoms with Crippen molar-refractivity contribution in [3.8, 4) is 22.5 Å². The fourth-order valence-electron chi connectivity index (χ4n) is 9.45. The standard InChI is InChI=1S/C54H38N2Si/c1-6-19-39(20-7-1)46-30-18-32-51-54(46)49-36-34-45(57(42-23-10-3-11-24-42,43-25-12-4-13-26-43)44-27-14-5-15-28-44)38-53(49)56(51)41-33-35-48-47-29-16-17-31-50(47)55(52(48)37-41)40-21-8-2-9-22-40/h1-38H. The zero-order valence-corrected chi connectivity index (χ0v) is 32.3. The maximum Gasteiger partial charge on any atom is 0.179 e. The van der Waals surface area contributed by atoms with Gasteiger partial charge in [0, 0.05) is 32.9 Å². The summed E-state index contributed by atoms with van der Waals surface area (Å²) in [4.78, 5) is 0. The van der Waals surface area contributed by atoms with E-state index in [1.165, 1.54) is 75.5 Å². The summed E-state index contributed by atoms with van der Waals surface area (Å²) in [7, 11) is -2.80. The van der Waals surface area contributed by atoms with Crippen LogP contribution in [0.3, 0.4) is 0 Å². The molecular weight excluding hydrogens is 705 g/mol. The van der Waals surface area contributed by atoms with E-state index in [-0.39, 0.29) is 0 Å². The van der Waals surface area contributed by atoms with E-state index >= 15 is 0 Å². The summed E-state index contributed by atoms with van der Waals surface area (Å²) < 4.78 is 4.94. The second-order valence-electron chi connectivity index (χ2n) is 14.9. The van der Waals surface area contributed by atoms with Crippen molar-refractivity contribution in [2.45, 2.75) is 0 Å². The Morgan fingerprint density at radius 1 is 0.281 bits per heavy atom. The van der Waals surface area contributed by atoms with Crippen molar-refractivity contribution in [3.05, 3.63) is 231 Å². The Morgan fingerprint density at radius 3 is 1.42 bits per heavy atom. The van der Waals surface area contributed by atoms with Crippen LogP contribution in [0.15, 0.2) is 231 Å². The van der Waals surface area contributed by atoms with Crippen LogP contribution in [0.25, 0.3) is 66.1 Å². The number of benzene rings is 9. The predicted molar refractivity (Wildman–Crippen MR) is 244 cm³/mol. The first kappa shape index (κ1) is 33.2. The smallest absolute Gasteiger partial charge is 0.179 e. The number of rotatable bonds is 7. The van der Waals surface area contributed by atoms with Gasteiger partial charge in [-0.05, 0) is 74.3 Å². The fourth-order valence-corrected chi connectivity index (χ4v) is 14.2. The van der Waals surface area contributed by atoms with Crippen LogP contribution >= 0.6 is 0 Å². The first-order valence-electron chi connectivity index (χ1n) is 19.7. The van der Waals surface area contributed by atoms with Gasteiger partial charge in [-0.25, -0.2) is 0 Å². The maximum absolute atomic E-state index is 2.80. The molecule has 57 heavy (non-hydrogen) atoms. The van der Waals surface area contributed by atoms with Gasteiger partial charge in [0.1, 0.15) is 0 Å². The maximum atomic E-state index is 2.53. The molecule has 0 amide bonds.